The molecule has 0 amide bonds. The van der Waals surface area contributed by atoms with Gasteiger partial charge in [-0.05, 0) is 30.5 Å². The molecule has 3 aromatic rings. The van der Waals surface area contributed by atoms with E-state index in [1.807, 2.05) is 0 Å². The molecule has 3 rings (SSSR count). The second-order valence-electron chi connectivity index (χ2n) is 5.90. The Morgan fingerprint density at radius 3 is 2.61 bits per heavy atom. The molecule has 2 heterocycles. The normalized spacial score (nSPS) is 11.6. The molecule has 3 nitrogen and oxygen atoms in total. The maximum absolute atomic E-state index is 14.0. The largest absolute Gasteiger partial charge is 0.263 e. The molecular weight excluding hydrogens is 303 g/mol. The third-order valence-electron chi connectivity index (χ3n) is 3.76. The van der Waals surface area contributed by atoms with E-state index in [9.17, 15) is 13.2 Å². The first-order valence-corrected chi connectivity index (χ1v) is 7.43. The van der Waals surface area contributed by atoms with E-state index in [1.54, 1.807) is 16.9 Å². The van der Waals surface area contributed by atoms with Crippen LogP contribution in [0.5, 0.6) is 0 Å². The van der Waals surface area contributed by atoms with Gasteiger partial charge in [0.25, 0.3) is 0 Å². The van der Waals surface area contributed by atoms with Crippen LogP contribution in [-0.4, -0.2) is 14.8 Å². The molecule has 6 heteroatoms. The van der Waals surface area contributed by atoms with Gasteiger partial charge in [0.1, 0.15) is 5.52 Å². The highest BCUT2D eigenvalue weighted by atomic mass is 19.2. The molecule has 0 unspecified atom stereocenters. The van der Waals surface area contributed by atoms with E-state index in [2.05, 4.69) is 23.9 Å². The molecule has 0 aliphatic carbocycles. The van der Waals surface area contributed by atoms with E-state index < -0.39 is 17.5 Å². The van der Waals surface area contributed by atoms with Crippen LogP contribution in [0.25, 0.3) is 22.2 Å². The highest BCUT2D eigenvalue weighted by Crippen LogP contribution is 2.27. The number of halogens is 3. The van der Waals surface area contributed by atoms with Crippen LogP contribution in [0.4, 0.5) is 13.2 Å². The average molecular weight is 319 g/mol. The molecule has 0 aliphatic rings. The van der Waals surface area contributed by atoms with Crippen molar-refractivity contribution in [3.8, 4) is 11.1 Å². The molecule has 0 bridgehead atoms. The molecule has 0 aliphatic heterocycles. The summed E-state index contributed by atoms with van der Waals surface area (Å²) in [6.07, 6.45) is 4.02. The molecule has 2 aromatic heterocycles. The Kier molecular flexibility index (Phi) is 4.07. The second-order valence-corrected chi connectivity index (χ2v) is 5.90. The van der Waals surface area contributed by atoms with Crippen LogP contribution >= 0.6 is 0 Å². The van der Waals surface area contributed by atoms with Crippen LogP contribution in [0.15, 0.2) is 30.6 Å². The highest BCUT2D eigenvalue weighted by Gasteiger charge is 2.16. The summed E-state index contributed by atoms with van der Waals surface area (Å²) >= 11 is 0. The van der Waals surface area contributed by atoms with Gasteiger partial charge in [-0.1, -0.05) is 13.8 Å². The highest BCUT2D eigenvalue weighted by molar-refractivity contribution is 5.80. The van der Waals surface area contributed by atoms with E-state index in [4.69, 9.17) is 0 Å². The van der Waals surface area contributed by atoms with Crippen molar-refractivity contribution in [2.24, 2.45) is 5.92 Å². The average Bonchev–Trinajstić information content (AvgIpc) is 2.93. The van der Waals surface area contributed by atoms with Gasteiger partial charge >= 0.3 is 0 Å². The summed E-state index contributed by atoms with van der Waals surface area (Å²) in [7, 11) is 0. The van der Waals surface area contributed by atoms with Gasteiger partial charge in [-0.25, -0.2) is 13.2 Å². The number of benzene rings is 1. The van der Waals surface area contributed by atoms with Crippen LogP contribution in [0.3, 0.4) is 0 Å². The Balaban J connectivity index is 2.06. The third-order valence-corrected chi connectivity index (χ3v) is 3.76. The van der Waals surface area contributed by atoms with Gasteiger partial charge in [-0.2, -0.15) is 5.10 Å². The number of pyridine rings is 1. The monoisotopic (exact) mass is 319 g/mol. The van der Waals surface area contributed by atoms with Gasteiger partial charge < -0.3 is 0 Å². The fourth-order valence-corrected chi connectivity index (χ4v) is 2.41. The van der Waals surface area contributed by atoms with Crippen LogP contribution in [-0.2, 0) is 6.54 Å². The summed E-state index contributed by atoms with van der Waals surface area (Å²) in [5.74, 6) is -3.37. The Labute approximate surface area is 131 Å². The van der Waals surface area contributed by atoms with Crippen LogP contribution < -0.4 is 0 Å². The standard InChI is InChI=1S/C17H16F3N3/c1-10(2)5-6-23-15-7-11(8-21-14(15)9-22-23)12-3-4-13(18)17(20)16(12)19/h3-4,7-10H,5-6H2,1-2H3. The maximum Gasteiger partial charge on any atom is 0.195 e. The molecule has 0 fully saturated rings. The number of aromatic nitrogens is 3. The van der Waals surface area contributed by atoms with E-state index >= 15 is 0 Å². The smallest absolute Gasteiger partial charge is 0.195 e. The van der Waals surface area contributed by atoms with Crippen molar-refractivity contribution in [2.45, 2.75) is 26.8 Å². The first kappa shape index (κ1) is 15.5. The van der Waals surface area contributed by atoms with E-state index in [0.717, 1.165) is 18.0 Å². The number of fused-ring (bicyclic) bond motifs is 1. The number of nitrogens with zero attached hydrogens (tertiary/aromatic N) is 3. The minimum atomic E-state index is -1.48. The van der Waals surface area contributed by atoms with Crippen LogP contribution in [0, 0.1) is 23.4 Å². The predicted octanol–water partition coefficient (Wildman–Crippen LogP) is 4.56. The molecule has 0 saturated carbocycles. The Morgan fingerprint density at radius 1 is 1.09 bits per heavy atom. The minimum absolute atomic E-state index is 0.0186. The van der Waals surface area contributed by atoms with Crippen molar-refractivity contribution < 1.29 is 13.2 Å². The Morgan fingerprint density at radius 2 is 1.87 bits per heavy atom. The summed E-state index contributed by atoms with van der Waals surface area (Å²) in [4.78, 5) is 4.23. The molecule has 0 atom stereocenters. The zero-order valence-electron chi connectivity index (χ0n) is 12.9. The predicted molar refractivity (Wildman–Crippen MR) is 82.3 cm³/mol. The lowest BCUT2D eigenvalue weighted by Gasteiger charge is -2.08. The van der Waals surface area contributed by atoms with Crippen molar-refractivity contribution in [2.75, 3.05) is 0 Å². The lowest BCUT2D eigenvalue weighted by atomic mass is 10.1. The SMILES string of the molecule is CC(C)CCn1ncc2ncc(-c3ccc(F)c(F)c3F)cc21. The number of aryl methyl sites for hydroxylation is 1. The van der Waals surface area contributed by atoms with Gasteiger partial charge in [-0.3, -0.25) is 9.67 Å². The van der Waals surface area contributed by atoms with Gasteiger partial charge in [0, 0.05) is 23.9 Å². The van der Waals surface area contributed by atoms with E-state index in [-0.39, 0.29) is 5.56 Å². The molecule has 0 radical (unpaired) electrons. The van der Waals surface area contributed by atoms with Gasteiger partial charge in [0.2, 0.25) is 0 Å². The number of hydrogen-bond acceptors (Lipinski definition) is 2. The number of rotatable bonds is 4. The molecule has 0 N–H and O–H groups in total. The van der Waals surface area contributed by atoms with Crippen molar-refractivity contribution in [1.82, 2.24) is 14.8 Å². The molecular formula is C17H16F3N3. The van der Waals surface area contributed by atoms with Crippen molar-refractivity contribution in [3.63, 3.8) is 0 Å². The molecule has 0 spiro atoms. The van der Waals surface area contributed by atoms with E-state index in [1.165, 1.54) is 12.3 Å². The topological polar surface area (TPSA) is 30.7 Å². The molecule has 23 heavy (non-hydrogen) atoms. The third kappa shape index (κ3) is 2.93. The van der Waals surface area contributed by atoms with E-state index in [0.29, 0.717) is 23.5 Å². The maximum atomic E-state index is 14.0. The molecule has 1 aromatic carbocycles. The second kappa shape index (κ2) is 6.02. The fourth-order valence-electron chi connectivity index (χ4n) is 2.41. The van der Waals surface area contributed by atoms with Crippen molar-refractivity contribution in [1.29, 1.82) is 0 Å². The van der Waals surface area contributed by atoms with Gasteiger partial charge in [-0.15, -0.1) is 0 Å². The Bertz CT molecular complexity index is 856. The summed E-state index contributed by atoms with van der Waals surface area (Å²) < 4.78 is 42.3. The van der Waals surface area contributed by atoms with Gasteiger partial charge in [0.05, 0.1) is 11.7 Å². The lowest BCUT2D eigenvalue weighted by molar-refractivity contribution is 0.449. The van der Waals surface area contributed by atoms with Crippen molar-refractivity contribution in [3.05, 3.63) is 48.0 Å². The zero-order chi connectivity index (χ0) is 16.6. The first-order chi connectivity index (χ1) is 11.0. The first-order valence-electron chi connectivity index (χ1n) is 7.43. The summed E-state index contributed by atoms with van der Waals surface area (Å²) in [5, 5.41) is 4.28. The lowest BCUT2D eigenvalue weighted by Crippen LogP contribution is -2.03. The molecule has 120 valence electrons. The zero-order valence-corrected chi connectivity index (χ0v) is 12.9. The fraction of sp³-hybridized carbons (Fsp3) is 0.294. The quantitative estimate of drug-likeness (QED) is 0.660. The van der Waals surface area contributed by atoms with Gasteiger partial charge in [0.15, 0.2) is 17.5 Å². The number of hydrogen-bond donors (Lipinski definition) is 0. The minimum Gasteiger partial charge on any atom is -0.263 e. The summed E-state index contributed by atoms with van der Waals surface area (Å²) in [6.45, 7) is 4.95. The van der Waals surface area contributed by atoms with Crippen LogP contribution in [0.2, 0.25) is 0 Å². The summed E-state index contributed by atoms with van der Waals surface area (Å²) in [5.41, 5.74) is 1.79. The molecule has 0 saturated heterocycles. The summed E-state index contributed by atoms with van der Waals surface area (Å²) in [6, 6.07) is 3.82. The van der Waals surface area contributed by atoms with Crippen molar-refractivity contribution >= 4 is 11.0 Å². The van der Waals surface area contributed by atoms with Crippen LogP contribution in [0.1, 0.15) is 20.3 Å². The Hall–Kier alpha value is -2.37.